The zero-order valence-corrected chi connectivity index (χ0v) is 19.5. The van der Waals surface area contributed by atoms with E-state index < -0.39 is 0 Å². The van der Waals surface area contributed by atoms with Crippen LogP contribution in [0.3, 0.4) is 0 Å². The van der Waals surface area contributed by atoms with E-state index in [1.54, 1.807) is 0 Å². The van der Waals surface area contributed by atoms with E-state index in [-0.39, 0.29) is 11.7 Å². The van der Waals surface area contributed by atoms with Crippen LogP contribution >= 0.6 is 11.8 Å². The van der Waals surface area contributed by atoms with Crippen molar-refractivity contribution in [1.29, 1.82) is 0 Å². The second-order valence-electron chi connectivity index (χ2n) is 7.19. The Morgan fingerprint density at radius 2 is 1.74 bits per heavy atom. The smallest absolute Gasteiger partial charge is 0.234 e. The van der Waals surface area contributed by atoms with Gasteiger partial charge in [0.05, 0.1) is 5.75 Å². The fourth-order valence-corrected chi connectivity index (χ4v) is 4.24. The molecule has 2 aromatic carbocycles. The highest BCUT2D eigenvalue weighted by Crippen LogP contribution is 2.24. The molecule has 1 aromatic heterocycles. The van der Waals surface area contributed by atoms with Crippen LogP contribution in [-0.2, 0) is 30.8 Å². The first kappa shape index (κ1) is 22.9. The van der Waals surface area contributed by atoms with Crippen molar-refractivity contribution >= 4 is 23.4 Å². The van der Waals surface area contributed by atoms with Gasteiger partial charge in [-0.1, -0.05) is 62.0 Å². The summed E-state index contributed by atoms with van der Waals surface area (Å²) in [5.41, 5.74) is 4.34. The van der Waals surface area contributed by atoms with Gasteiger partial charge in [-0.05, 0) is 49.4 Å². The number of para-hydroxylation sites is 2. The number of hydrogen-bond donors (Lipinski definition) is 1. The summed E-state index contributed by atoms with van der Waals surface area (Å²) in [6, 6.07) is 14.1. The van der Waals surface area contributed by atoms with Gasteiger partial charge in [0, 0.05) is 12.2 Å². The van der Waals surface area contributed by atoms with Crippen molar-refractivity contribution in [2.75, 3.05) is 11.1 Å². The van der Waals surface area contributed by atoms with Crippen molar-refractivity contribution in [3.8, 4) is 5.75 Å². The Hall–Kier alpha value is -2.80. The first-order chi connectivity index (χ1) is 15.1. The summed E-state index contributed by atoms with van der Waals surface area (Å²) in [6.07, 6.45) is 1.76. The van der Waals surface area contributed by atoms with Crippen LogP contribution in [0, 0.1) is 6.92 Å². The molecule has 0 radical (unpaired) electrons. The molecule has 0 spiro atoms. The molecule has 0 aliphatic heterocycles. The largest absolute Gasteiger partial charge is 0.485 e. The Morgan fingerprint density at radius 1 is 1.03 bits per heavy atom. The van der Waals surface area contributed by atoms with Crippen molar-refractivity contribution in [2.24, 2.45) is 0 Å². The Morgan fingerprint density at radius 3 is 2.39 bits per heavy atom. The van der Waals surface area contributed by atoms with Gasteiger partial charge < -0.3 is 14.6 Å². The standard InChI is InChI=1S/C24H30N4O2S/c1-5-18-12-10-13-19(6-2)23(18)25-22(29)16-31-24-27-26-21(28(24)7-3)15-30-20-14-9-8-11-17(20)4/h8-14H,5-7,15-16H2,1-4H3,(H,25,29). The van der Waals surface area contributed by atoms with Crippen LogP contribution in [0.4, 0.5) is 5.69 Å². The molecule has 0 aliphatic rings. The molecule has 0 atom stereocenters. The van der Waals surface area contributed by atoms with E-state index in [4.69, 9.17) is 4.74 Å². The van der Waals surface area contributed by atoms with Gasteiger partial charge in [0.1, 0.15) is 12.4 Å². The third kappa shape index (κ3) is 5.67. The summed E-state index contributed by atoms with van der Waals surface area (Å²) in [5, 5.41) is 12.4. The maximum Gasteiger partial charge on any atom is 0.234 e. The van der Waals surface area contributed by atoms with Crippen LogP contribution in [0.15, 0.2) is 47.6 Å². The number of carbonyl (C=O) groups is 1. The predicted molar refractivity (Wildman–Crippen MR) is 126 cm³/mol. The number of rotatable bonds is 10. The fourth-order valence-electron chi connectivity index (χ4n) is 3.42. The third-order valence-corrected chi connectivity index (χ3v) is 6.12. The highest BCUT2D eigenvalue weighted by Gasteiger charge is 2.15. The predicted octanol–water partition coefficient (Wildman–Crippen LogP) is 5.04. The second-order valence-corrected chi connectivity index (χ2v) is 8.13. The number of nitrogens with one attached hydrogen (secondary N) is 1. The van der Waals surface area contributed by atoms with Gasteiger partial charge in [0.15, 0.2) is 11.0 Å². The molecular formula is C24H30N4O2S. The zero-order valence-electron chi connectivity index (χ0n) is 18.6. The van der Waals surface area contributed by atoms with Crippen molar-refractivity contribution < 1.29 is 9.53 Å². The molecule has 1 N–H and O–H groups in total. The number of nitrogens with zero attached hydrogens (tertiary/aromatic N) is 3. The molecule has 0 bridgehead atoms. The number of anilines is 1. The summed E-state index contributed by atoms with van der Waals surface area (Å²) in [4.78, 5) is 12.7. The normalized spacial score (nSPS) is 10.8. The van der Waals surface area contributed by atoms with Crippen LogP contribution in [0.5, 0.6) is 5.75 Å². The average Bonchev–Trinajstić information content (AvgIpc) is 3.19. The number of ether oxygens (including phenoxy) is 1. The van der Waals surface area contributed by atoms with E-state index in [1.165, 1.54) is 11.8 Å². The summed E-state index contributed by atoms with van der Waals surface area (Å²) in [6.45, 7) is 9.30. The topological polar surface area (TPSA) is 69.0 Å². The molecule has 6 nitrogen and oxygen atoms in total. The minimum absolute atomic E-state index is 0.0380. The Bertz CT molecular complexity index is 1010. The van der Waals surface area contributed by atoms with Crippen LogP contribution < -0.4 is 10.1 Å². The van der Waals surface area contributed by atoms with Crippen LogP contribution in [0.2, 0.25) is 0 Å². The van der Waals surface area contributed by atoms with E-state index in [0.717, 1.165) is 51.9 Å². The molecule has 164 valence electrons. The molecule has 0 saturated carbocycles. The lowest BCUT2D eigenvalue weighted by Crippen LogP contribution is -2.17. The molecule has 3 rings (SSSR count). The molecule has 1 heterocycles. The number of thioether (sulfide) groups is 1. The van der Waals surface area contributed by atoms with Gasteiger partial charge in [-0.15, -0.1) is 10.2 Å². The van der Waals surface area contributed by atoms with Gasteiger partial charge in [-0.2, -0.15) is 0 Å². The molecule has 7 heteroatoms. The third-order valence-electron chi connectivity index (χ3n) is 5.16. The van der Waals surface area contributed by atoms with E-state index in [0.29, 0.717) is 13.2 Å². The van der Waals surface area contributed by atoms with E-state index in [1.807, 2.05) is 48.7 Å². The lowest BCUT2D eigenvalue weighted by Gasteiger charge is -2.14. The van der Waals surface area contributed by atoms with Gasteiger partial charge >= 0.3 is 0 Å². The molecule has 1 amide bonds. The van der Waals surface area contributed by atoms with Crippen LogP contribution in [-0.4, -0.2) is 26.4 Å². The van der Waals surface area contributed by atoms with Crippen LogP contribution in [0.25, 0.3) is 0 Å². The Kier molecular flexibility index (Phi) is 8.12. The van der Waals surface area contributed by atoms with E-state index >= 15 is 0 Å². The first-order valence-corrected chi connectivity index (χ1v) is 11.7. The van der Waals surface area contributed by atoms with Crippen molar-refractivity contribution in [1.82, 2.24) is 14.8 Å². The highest BCUT2D eigenvalue weighted by atomic mass is 32.2. The molecule has 31 heavy (non-hydrogen) atoms. The number of hydrogen-bond acceptors (Lipinski definition) is 5. The minimum atomic E-state index is -0.0380. The minimum Gasteiger partial charge on any atom is -0.485 e. The van der Waals surface area contributed by atoms with Gasteiger partial charge in [0.2, 0.25) is 5.91 Å². The number of amides is 1. The molecule has 0 aliphatic carbocycles. The van der Waals surface area contributed by atoms with Gasteiger partial charge in [-0.3, -0.25) is 4.79 Å². The van der Waals surface area contributed by atoms with Gasteiger partial charge in [0.25, 0.3) is 0 Å². The molecule has 0 saturated heterocycles. The monoisotopic (exact) mass is 438 g/mol. The number of carbonyl (C=O) groups excluding carboxylic acids is 1. The van der Waals surface area contributed by atoms with E-state index in [9.17, 15) is 4.79 Å². The molecule has 3 aromatic rings. The lowest BCUT2D eigenvalue weighted by molar-refractivity contribution is -0.113. The van der Waals surface area contributed by atoms with E-state index in [2.05, 4.69) is 41.5 Å². The quantitative estimate of drug-likeness (QED) is 0.449. The summed E-state index contributed by atoms with van der Waals surface area (Å²) >= 11 is 1.39. The number of benzene rings is 2. The number of aryl methyl sites for hydroxylation is 3. The maximum atomic E-state index is 12.7. The lowest BCUT2D eigenvalue weighted by atomic mass is 10.0. The summed E-state index contributed by atoms with van der Waals surface area (Å²) < 4.78 is 7.92. The van der Waals surface area contributed by atoms with Crippen LogP contribution in [0.1, 0.15) is 43.3 Å². The first-order valence-electron chi connectivity index (χ1n) is 10.7. The highest BCUT2D eigenvalue weighted by molar-refractivity contribution is 7.99. The van der Waals surface area contributed by atoms with Crippen molar-refractivity contribution in [3.63, 3.8) is 0 Å². The average molecular weight is 439 g/mol. The summed E-state index contributed by atoms with van der Waals surface area (Å²) in [5.74, 6) is 1.82. The second kappa shape index (κ2) is 11.0. The van der Waals surface area contributed by atoms with Crippen molar-refractivity contribution in [3.05, 3.63) is 65.0 Å². The Balaban J connectivity index is 1.63. The molecule has 0 unspecified atom stereocenters. The van der Waals surface area contributed by atoms with Crippen molar-refractivity contribution in [2.45, 2.75) is 58.8 Å². The Labute approximate surface area is 188 Å². The molecule has 0 fully saturated rings. The maximum absolute atomic E-state index is 12.7. The van der Waals surface area contributed by atoms with Gasteiger partial charge in [-0.25, -0.2) is 0 Å². The summed E-state index contributed by atoms with van der Waals surface area (Å²) in [7, 11) is 0. The molecular weight excluding hydrogens is 408 g/mol. The fraction of sp³-hybridized carbons (Fsp3) is 0.375. The SMILES string of the molecule is CCc1cccc(CC)c1NC(=O)CSc1nnc(COc2ccccc2C)n1CC. The zero-order chi connectivity index (χ0) is 22.2. The number of aromatic nitrogens is 3.